The molecule has 0 aliphatic rings. The van der Waals surface area contributed by atoms with Gasteiger partial charge in [-0.1, -0.05) is 18.2 Å². The lowest BCUT2D eigenvalue weighted by molar-refractivity contribution is 0.199. The van der Waals surface area contributed by atoms with Crippen LogP contribution >= 0.6 is 0 Å². The van der Waals surface area contributed by atoms with Gasteiger partial charge in [0.05, 0.1) is 23.8 Å². The first kappa shape index (κ1) is 14.9. The highest BCUT2D eigenvalue weighted by Crippen LogP contribution is 2.25. The number of aliphatic hydroxyl groups excluding tert-OH is 1. The number of hydrogen-bond acceptors (Lipinski definition) is 4. The molecule has 0 radical (unpaired) electrons. The molecular weight excluding hydrogens is 278 g/mol. The zero-order chi connectivity index (χ0) is 15.4. The quantitative estimate of drug-likeness (QED) is 0.681. The van der Waals surface area contributed by atoms with Crippen LogP contribution in [0, 0.1) is 0 Å². The Morgan fingerprint density at radius 2 is 2.05 bits per heavy atom. The normalized spacial score (nSPS) is 11.5. The lowest BCUT2D eigenvalue weighted by atomic mass is 10.2. The van der Waals surface area contributed by atoms with Gasteiger partial charge >= 0.3 is 0 Å². The lowest BCUT2D eigenvalue weighted by Gasteiger charge is -2.10. The van der Waals surface area contributed by atoms with Crippen LogP contribution in [0.15, 0.2) is 30.5 Å². The largest absolute Gasteiger partial charge is 0.396 e. The van der Waals surface area contributed by atoms with Gasteiger partial charge in [0.1, 0.15) is 11.3 Å². The van der Waals surface area contributed by atoms with E-state index >= 15 is 0 Å². The van der Waals surface area contributed by atoms with Crippen LogP contribution in [0.25, 0.3) is 21.9 Å². The minimum Gasteiger partial charge on any atom is -0.396 e. The first-order valence-electron chi connectivity index (χ1n) is 7.68. The van der Waals surface area contributed by atoms with Gasteiger partial charge in [-0.2, -0.15) is 0 Å². The molecule has 0 amide bonds. The van der Waals surface area contributed by atoms with E-state index < -0.39 is 0 Å². The Morgan fingerprint density at radius 3 is 2.86 bits per heavy atom. The zero-order valence-electron chi connectivity index (χ0n) is 12.8. The first-order chi connectivity index (χ1) is 10.8. The molecule has 2 aromatic heterocycles. The summed E-state index contributed by atoms with van der Waals surface area (Å²) in [5.41, 5.74) is 3.04. The Balaban J connectivity index is 2.12. The Kier molecular flexibility index (Phi) is 4.65. The van der Waals surface area contributed by atoms with Crippen LogP contribution in [0.1, 0.15) is 18.7 Å². The highest BCUT2D eigenvalue weighted by molar-refractivity contribution is 6.02. The summed E-state index contributed by atoms with van der Waals surface area (Å²) in [6.45, 7) is 1.72. The average Bonchev–Trinajstić information content (AvgIpc) is 2.91. The second kappa shape index (κ2) is 6.85. The molecule has 22 heavy (non-hydrogen) atoms. The molecule has 0 fully saturated rings. The third-order valence-corrected chi connectivity index (χ3v) is 3.88. The third-order valence-electron chi connectivity index (χ3n) is 3.88. The lowest BCUT2D eigenvalue weighted by Crippen LogP contribution is -2.07. The number of rotatable bonds is 7. The van der Waals surface area contributed by atoms with Crippen LogP contribution in [0.5, 0.6) is 0 Å². The van der Waals surface area contributed by atoms with Crippen LogP contribution in [-0.4, -0.2) is 40.0 Å². The zero-order valence-corrected chi connectivity index (χ0v) is 12.8. The standard InChI is InChI=1S/C17H21N3O2/c1-22-11-8-16-19-15-12-18-14-7-3-2-6-13(14)17(15)20(16)9-4-5-10-21/h2-3,6-7,12,21H,4-5,8-11H2,1H3. The number of pyridine rings is 1. The van der Waals surface area contributed by atoms with Crippen LogP contribution in [0.4, 0.5) is 0 Å². The second-order valence-corrected chi connectivity index (χ2v) is 5.36. The maximum Gasteiger partial charge on any atom is 0.112 e. The first-order valence-corrected chi connectivity index (χ1v) is 7.68. The van der Waals surface area contributed by atoms with E-state index in [2.05, 4.69) is 15.6 Å². The number of nitrogens with zero attached hydrogens (tertiary/aromatic N) is 3. The average molecular weight is 299 g/mol. The fourth-order valence-corrected chi connectivity index (χ4v) is 2.82. The van der Waals surface area contributed by atoms with Gasteiger partial charge in [-0.3, -0.25) is 4.98 Å². The number of aryl methyl sites for hydroxylation is 1. The van der Waals surface area contributed by atoms with Crippen molar-refractivity contribution in [2.24, 2.45) is 0 Å². The Morgan fingerprint density at radius 1 is 1.18 bits per heavy atom. The van der Waals surface area contributed by atoms with Crippen molar-refractivity contribution in [3.63, 3.8) is 0 Å². The molecule has 5 nitrogen and oxygen atoms in total. The van der Waals surface area contributed by atoms with Crippen LogP contribution < -0.4 is 0 Å². The molecule has 2 heterocycles. The molecule has 0 atom stereocenters. The summed E-state index contributed by atoms with van der Waals surface area (Å²) < 4.78 is 7.46. The molecule has 1 N–H and O–H groups in total. The molecule has 0 bridgehead atoms. The maximum absolute atomic E-state index is 9.04. The van der Waals surface area contributed by atoms with Crippen molar-refractivity contribution < 1.29 is 9.84 Å². The number of fused-ring (bicyclic) bond motifs is 3. The van der Waals surface area contributed by atoms with E-state index in [0.717, 1.165) is 53.6 Å². The highest BCUT2D eigenvalue weighted by atomic mass is 16.5. The molecule has 3 rings (SSSR count). The maximum atomic E-state index is 9.04. The molecule has 116 valence electrons. The van der Waals surface area contributed by atoms with Gasteiger partial charge in [0.15, 0.2) is 0 Å². The molecular formula is C17H21N3O2. The number of methoxy groups -OCH3 is 1. The molecule has 3 aromatic rings. The molecule has 5 heteroatoms. The van der Waals surface area contributed by atoms with Crippen molar-refractivity contribution in [2.75, 3.05) is 20.3 Å². The molecule has 0 saturated carbocycles. The van der Waals surface area contributed by atoms with Crippen molar-refractivity contribution in [1.82, 2.24) is 14.5 Å². The number of imidazole rings is 1. The van der Waals surface area contributed by atoms with Gasteiger partial charge in [0.2, 0.25) is 0 Å². The SMILES string of the molecule is COCCc1nc2cnc3ccccc3c2n1CCCCO. The van der Waals surface area contributed by atoms with E-state index in [1.54, 1.807) is 7.11 Å². The Hall–Kier alpha value is -1.98. The predicted molar refractivity (Wildman–Crippen MR) is 86.9 cm³/mol. The smallest absolute Gasteiger partial charge is 0.112 e. The van der Waals surface area contributed by atoms with E-state index in [-0.39, 0.29) is 6.61 Å². The molecule has 1 aromatic carbocycles. The molecule has 0 saturated heterocycles. The van der Waals surface area contributed by atoms with Crippen molar-refractivity contribution in [3.8, 4) is 0 Å². The minimum absolute atomic E-state index is 0.225. The van der Waals surface area contributed by atoms with Crippen LogP contribution in [-0.2, 0) is 17.7 Å². The summed E-state index contributed by atoms with van der Waals surface area (Å²) in [6.07, 6.45) is 4.35. The number of aliphatic hydroxyl groups is 1. The minimum atomic E-state index is 0.225. The van der Waals surface area contributed by atoms with Gasteiger partial charge in [0.25, 0.3) is 0 Å². The van der Waals surface area contributed by atoms with Crippen LogP contribution in [0.3, 0.4) is 0 Å². The summed E-state index contributed by atoms with van der Waals surface area (Å²) in [7, 11) is 1.70. The summed E-state index contributed by atoms with van der Waals surface area (Å²) in [4.78, 5) is 9.23. The van der Waals surface area contributed by atoms with Gasteiger partial charge in [-0.05, 0) is 18.9 Å². The third kappa shape index (κ3) is 2.82. The van der Waals surface area contributed by atoms with Gasteiger partial charge < -0.3 is 14.4 Å². The summed E-state index contributed by atoms with van der Waals surface area (Å²) in [5.74, 6) is 1.02. The Bertz CT molecular complexity index is 767. The molecule has 0 aliphatic heterocycles. The van der Waals surface area contributed by atoms with Crippen molar-refractivity contribution in [3.05, 3.63) is 36.3 Å². The van der Waals surface area contributed by atoms with E-state index in [1.165, 1.54) is 0 Å². The highest BCUT2D eigenvalue weighted by Gasteiger charge is 2.13. The second-order valence-electron chi connectivity index (χ2n) is 5.36. The summed E-state index contributed by atoms with van der Waals surface area (Å²) in [5, 5.41) is 10.2. The van der Waals surface area contributed by atoms with E-state index in [9.17, 15) is 0 Å². The van der Waals surface area contributed by atoms with Crippen molar-refractivity contribution in [1.29, 1.82) is 0 Å². The van der Waals surface area contributed by atoms with Gasteiger partial charge in [-0.15, -0.1) is 0 Å². The number of para-hydroxylation sites is 1. The topological polar surface area (TPSA) is 60.2 Å². The van der Waals surface area contributed by atoms with E-state index in [1.807, 2.05) is 24.4 Å². The number of aromatic nitrogens is 3. The van der Waals surface area contributed by atoms with E-state index in [4.69, 9.17) is 14.8 Å². The summed E-state index contributed by atoms with van der Waals surface area (Å²) >= 11 is 0. The number of ether oxygens (including phenoxy) is 1. The van der Waals surface area contributed by atoms with Crippen LogP contribution in [0.2, 0.25) is 0 Å². The Labute approximate surface area is 129 Å². The molecule has 0 unspecified atom stereocenters. The fraction of sp³-hybridized carbons (Fsp3) is 0.412. The number of unbranched alkanes of at least 4 members (excludes halogenated alkanes) is 1. The van der Waals surface area contributed by atoms with Crippen molar-refractivity contribution in [2.45, 2.75) is 25.8 Å². The predicted octanol–water partition coefficient (Wildman–Crippen LogP) is 2.55. The number of hydrogen-bond donors (Lipinski definition) is 1. The molecule has 0 spiro atoms. The van der Waals surface area contributed by atoms with Gasteiger partial charge in [-0.25, -0.2) is 4.98 Å². The number of benzene rings is 1. The van der Waals surface area contributed by atoms with Crippen molar-refractivity contribution >= 4 is 21.9 Å². The van der Waals surface area contributed by atoms with Gasteiger partial charge in [0, 0.05) is 32.1 Å². The molecule has 0 aliphatic carbocycles. The fourth-order valence-electron chi connectivity index (χ4n) is 2.82. The summed E-state index contributed by atoms with van der Waals surface area (Å²) in [6, 6.07) is 8.15. The van der Waals surface area contributed by atoms with E-state index in [0.29, 0.717) is 6.61 Å². The monoisotopic (exact) mass is 299 g/mol.